The van der Waals surface area contributed by atoms with E-state index in [1.807, 2.05) is 0 Å². The van der Waals surface area contributed by atoms with E-state index >= 15 is 0 Å². The highest BCUT2D eigenvalue weighted by molar-refractivity contribution is 6.21. The average molecular weight is 823 g/mol. The van der Waals surface area contributed by atoms with Crippen LogP contribution in [0.4, 0.5) is 0 Å². The minimum absolute atomic E-state index is 0.0963. The van der Waals surface area contributed by atoms with Crippen molar-refractivity contribution < 1.29 is 0 Å². The van der Waals surface area contributed by atoms with E-state index < -0.39 is 0 Å². The van der Waals surface area contributed by atoms with Gasteiger partial charge in [0.2, 0.25) is 0 Å². The summed E-state index contributed by atoms with van der Waals surface area (Å²) in [5, 5.41) is 5.71. The number of benzene rings is 5. The van der Waals surface area contributed by atoms with Gasteiger partial charge >= 0.3 is 0 Å². The molecule has 0 spiro atoms. The molecular formula is C64H54. The van der Waals surface area contributed by atoms with Crippen molar-refractivity contribution >= 4 is 33.1 Å². The highest BCUT2D eigenvalue weighted by atomic mass is 14.5. The summed E-state index contributed by atoms with van der Waals surface area (Å²) in [6.07, 6.45) is 29.5. The first-order valence-corrected chi connectivity index (χ1v) is 24.2. The molecule has 0 N–H and O–H groups in total. The first kappa shape index (κ1) is 37.2. The quantitative estimate of drug-likeness (QED) is 0.170. The minimum atomic E-state index is 0.0963. The standard InChI is InChI=1S/C64H54/c1-35-14-12-15-36(2)55(35)40-25-26-45-42(28-40)31-54-60-46(45)20-13-21-48(60)62-57(37-16-8-6-9-17-37)53-34-50-49(33-52(53)58(63(54)62)38-18-10-7-11-19-38)47-27-24-39-22-23-41-29-44(64(3,4)5)30-43-32-51(50)61(47)59(39)56(41)43/h6-23,25-26,29-30,32-35,40-42,55-56H,24,27-28,31H2,1-5H3. The van der Waals surface area contributed by atoms with Crippen LogP contribution in [0.25, 0.3) is 66.4 Å². The lowest BCUT2D eigenvalue weighted by atomic mass is 9.62. The Hall–Kier alpha value is -6.24. The fourth-order valence-corrected chi connectivity index (χ4v) is 14.3. The molecule has 0 aliphatic heterocycles. The zero-order chi connectivity index (χ0) is 42.7. The molecule has 64 heavy (non-hydrogen) atoms. The molecule has 0 aromatic heterocycles. The molecule has 9 aliphatic carbocycles. The monoisotopic (exact) mass is 822 g/mol. The molecule has 14 rings (SSSR count). The van der Waals surface area contributed by atoms with Crippen LogP contribution < -0.4 is 10.4 Å². The van der Waals surface area contributed by atoms with E-state index in [1.165, 1.54) is 100.0 Å². The third-order valence-electron chi connectivity index (χ3n) is 17.0. The van der Waals surface area contributed by atoms with Crippen LogP contribution in [0.3, 0.4) is 0 Å². The van der Waals surface area contributed by atoms with Gasteiger partial charge in [0.1, 0.15) is 0 Å². The molecule has 0 saturated carbocycles. The summed E-state index contributed by atoms with van der Waals surface area (Å²) in [6, 6.07) is 35.5. The molecule has 5 aromatic carbocycles. The zero-order valence-corrected chi connectivity index (χ0v) is 37.7. The van der Waals surface area contributed by atoms with Gasteiger partial charge < -0.3 is 0 Å². The summed E-state index contributed by atoms with van der Waals surface area (Å²) >= 11 is 0. The van der Waals surface area contributed by atoms with Crippen molar-refractivity contribution in [2.75, 3.05) is 0 Å². The number of hydrogen-bond donors (Lipinski definition) is 0. The largest absolute Gasteiger partial charge is 0.0811 e. The number of fused-ring (bicyclic) bond motifs is 8. The van der Waals surface area contributed by atoms with Crippen LogP contribution >= 0.6 is 0 Å². The number of rotatable bonds is 3. The van der Waals surface area contributed by atoms with Gasteiger partial charge in [-0.25, -0.2) is 0 Å². The average Bonchev–Trinajstić information content (AvgIpc) is 3.80. The van der Waals surface area contributed by atoms with Crippen LogP contribution in [0.15, 0.2) is 185 Å². The summed E-state index contributed by atoms with van der Waals surface area (Å²) in [7, 11) is 0. The van der Waals surface area contributed by atoms with Crippen LogP contribution in [0.1, 0.15) is 77.0 Å². The molecule has 5 aromatic rings. The van der Waals surface area contributed by atoms with Gasteiger partial charge in [-0.3, -0.25) is 0 Å². The van der Waals surface area contributed by atoms with Gasteiger partial charge in [-0.1, -0.05) is 167 Å². The molecule has 0 bridgehead atoms. The van der Waals surface area contributed by atoms with E-state index in [9.17, 15) is 0 Å². The van der Waals surface area contributed by atoms with Crippen molar-refractivity contribution in [1.29, 1.82) is 0 Å². The zero-order valence-electron chi connectivity index (χ0n) is 37.7. The van der Waals surface area contributed by atoms with Crippen molar-refractivity contribution in [2.45, 2.75) is 60.3 Å². The van der Waals surface area contributed by atoms with Gasteiger partial charge in [0.25, 0.3) is 0 Å². The lowest BCUT2D eigenvalue weighted by molar-refractivity contribution is 0.322. The Morgan fingerprint density at radius 1 is 0.672 bits per heavy atom. The van der Waals surface area contributed by atoms with Crippen LogP contribution in [0.2, 0.25) is 0 Å². The maximum Gasteiger partial charge on any atom is 0.0196 e. The van der Waals surface area contributed by atoms with E-state index in [2.05, 4.69) is 186 Å². The molecule has 6 unspecified atom stereocenters. The molecule has 0 saturated heterocycles. The molecule has 0 amide bonds. The summed E-state index contributed by atoms with van der Waals surface area (Å²) < 4.78 is 0. The summed E-state index contributed by atoms with van der Waals surface area (Å²) in [4.78, 5) is 0. The lowest BCUT2D eigenvalue weighted by Crippen LogP contribution is -2.37. The molecule has 6 atom stereocenters. The van der Waals surface area contributed by atoms with Crippen LogP contribution in [-0.2, 0) is 0 Å². The first-order chi connectivity index (χ1) is 31.2. The van der Waals surface area contributed by atoms with Gasteiger partial charge in [-0.05, 0) is 201 Å². The lowest BCUT2D eigenvalue weighted by Gasteiger charge is -2.42. The van der Waals surface area contributed by atoms with E-state index in [4.69, 9.17) is 0 Å². The predicted octanol–water partition coefficient (Wildman–Crippen LogP) is 14.8. The van der Waals surface area contributed by atoms with Gasteiger partial charge in [-0.2, -0.15) is 0 Å². The van der Waals surface area contributed by atoms with Crippen molar-refractivity contribution in [3.05, 3.63) is 212 Å². The van der Waals surface area contributed by atoms with Crippen LogP contribution in [0.5, 0.6) is 0 Å². The van der Waals surface area contributed by atoms with Crippen LogP contribution in [0, 0.1) is 40.9 Å². The smallest absolute Gasteiger partial charge is 0.0196 e. The van der Waals surface area contributed by atoms with E-state index in [0.717, 1.165) is 19.3 Å². The molecule has 0 fully saturated rings. The highest BCUT2D eigenvalue weighted by Crippen LogP contribution is 2.62. The summed E-state index contributed by atoms with van der Waals surface area (Å²) in [5.74, 6) is 2.94. The third kappa shape index (κ3) is 5.01. The number of hydrogen-bond acceptors (Lipinski definition) is 0. The minimum Gasteiger partial charge on any atom is -0.0811 e. The van der Waals surface area contributed by atoms with E-state index in [1.54, 1.807) is 33.4 Å². The molecule has 9 aliphatic rings. The highest BCUT2D eigenvalue weighted by Gasteiger charge is 2.45. The predicted molar refractivity (Wildman–Crippen MR) is 269 cm³/mol. The topological polar surface area (TPSA) is 0 Å². The molecule has 0 heteroatoms. The van der Waals surface area contributed by atoms with E-state index in [-0.39, 0.29) is 5.41 Å². The Balaban J connectivity index is 1.06. The molecule has 0 heterocycles. The van der Waals surface area contributed by atoms with Gasteiger partial charge in [0.15, 0.2) is 0 Å². The van der Waals surface area contributed by atoms with Gasteiger partial charge in [-0.15, -0.1) is 0 Å². The first-order valence-electron chi connectivity index (χ1n) is 24.2. The maximum absolute atomic E-state index is 2.68. The second-order valence-corrected chi connectivity index (χ2v) is 21.5. The summed E-state index contributed by atoms with van der Waals surface area (Å²) in [6.45, 7) is 11.9. The van der Waals surface area contributed by atoms with Crippen molar-refractivity contribution in [1.82, 2.24) is 0 Å². The molecule has 310 valence electrons. The van der Waals surface area contributed by atoms with Crippen molar-refractivity contribution in [2.24, 2.45) is 40.9 Å². The fraction of sp³-hybridized carbons (Fsp3) is 0.250. The Bertz CT molecular complexity index is 3420. The summed E-state index contributed by atoms with van der Waals surface area (Å²) in [5.41, 5.74) is 28.1. The Morgan fingerprint density at radius 2 is 1.42 bits per heavy atom. The van der Waals surface area contributed by atoms with Gasteiger partial charge in [0.05, 0.1) is 0 Å². The normalized spacial score (nSPS) is 26.3. The molecule has 0 nitrogen and oxygen atoms in total. The van der Waals surface area contributed by atoms with Crippen molar-refractivity contribution in [3.8, 4) is 33.4 Å². The molecular weight excluding hydrogens is 769 g/mol. The third-order valence-corrected chi connectivity index (χ3v) is 17.0. The Kier molecular flexibility index (Phi) is 7.65. The Morgan fingerprint density at radius 3 is 2.17 bits per heavy atom. The van der Waals surface area contributed by atoms with Crippen LogP contribution in [-0.4, -0.2) is 0 Å². The van der Waals surface area contributed by atoms with E-state index in [0.29, 0.717) is 35.5 Å². The SMILES string of the molecule is CC1=CC=CC(C)C1C1C=CC2=c3cccc4c3=C(CC2C1)c1c-4c(-c2ccccc2)c2cc3c(cc2c1-c1ccccc1)C1=C2C3=CC3=CC(C(C)(C)C)=CC4C=CC(=C2C34)CC1. The number of allylic oxidation sites excluding steroid dienone is 18. The second kappa shape index (κ2) is 13.2. The fourth-order valence-electron chi connectivity index (χ4n) is 14.3. The van der Waals surface area contributed by atoms with Crippen molar-refractivity contribution in [3.63, 3.8) is 0 Å². The maximum atomic E-state index is 2.68. The van der Waals surface area contributed by atoms with Gasteiger partial charge in [0, 0.05) is 11.8 Å². The second-order valence-electron chi connectivity index (χ2n) is 21.5. The Labute approximate surface area is 378 Å². The molecule has 0 radical (unpaired) electrons.